The highest BCUT2D eigenvalue weighted by Crippen LogP contribution is 2.28. The van der Waals surface area contributed by atoms with Crippen molar-refractivity contribution in [2.24, 2.45) is 0 Å². The molecule has 2 aromatic carbocycles. The van der Waals surface area contributed by atoms with Crippen LogP contribution in [-0.2, 0) is 6.42 Å². The maximum Gasteiger partial charge on any atom is 0.298 e. The van der Waals surface area contributed by atoms with Crippen LogP contribution in [0.5, 0.6) is 0 Å². The van der Waals surface area contributed by atoms with Gasteiger partial charge in [-0.2, -0.15) is 0 Å². The third kappa shape index (κ3) is 3.98. The molecule has 110 valence electrons. The third-order valence-corrected chi connectivity index (χ3v) is 3.02. The molecule has 0 heterocycles. The summed E-state index contributed by atoms with van der Waals surface area (Å²) < 4.78 is 26.6. The van der Waals surface area contributed by atoms with Crippen LogP contribution >= 0.6 is 0 Å². The summed E-state index contributed by atoms with van der Waals surface area (Å²) >= 11 is 0. The first kappa shape index (κ1) is 14.9. The number of aryl methyl sites for hydroxylation is 1. The van der Waals surface area contributed by atoms with Gasteiger partial charge < -0.3 is 5.32 Å². The van der Waals surface area contributed by atoms with Crippen LogP contribution in [0.1, 0.15) is 12.0 Å². The summed E-state index contributed by atoms with van der Waals surface area (Å²) in [4.78, 5) is 10.0. The molecule has 0 fully saturated rings. The van der Waals surface area contributed by atoms with E-state index in [9.17, 15) is 18.9 Å². The van der Waals surface area contributed by atoms with Crippen LogP contribution in [0.25, 0.3) is 0 Å². The van der Waals surface area contributed by atoms with Crippen LogP contribution in [0.15, 0.2) is 42.5 Å². The number of nitro groups is 1. The number of rotatable bonds is 6. The fourth-order valence-corrected chi connectivity index (χ4v) is 2.03. The van der Waals surface area contributed by atoms with Gasteiger partial charge in [-0.15, -0.1) is 0 Å². The van der Waals surface area contributed by atoms with E-state index in [0.29, 0.717) is 25.1 Å². The average molecular weight is 292 g/mol. The lowest BCUT2D eigenvalue weighted by atomic mass is 10.1. The van der Waals surface area contributed by atoms with Crippen LogP contribution in [0.4, 0.5) is 20.2 Å². The molecule has 0 atom stereocenters. The Bertz CT molecular complexity index is 633. The maximum atomic E-state index is 13.6. The summed E-state index contributed by atoms with van der Waals surface area (Å²) in [5.74, 6) is -1.92. The molecule has 4 nitrogen and oxygen atoms in total. The zero-order valence-corrected chi connectivity index (χ0v) is 11.2. The Morgan fingerprint density at radius 1 is 1.14 bits per heavy atom. The van der Waals surface area contributed by atoms with Crippen LogP contribution in [-0.4, -0.2) is 11.5 Å². The molecule has 0 aromatic heterocycles. The lowest BCUT2D eigenvalue weighted by Crippen LogP contribution is -2.08. The van der Waals surface area contributed by atoms with Crippen LogP contribution < -0.4 is 5.32 Å². The van der Waals surface area contributed by atoms with E-state index in [2.05, 4.69) is 5.32 Å². The van der Waals surface area contributed by atoms with E-state index < -0.39 is 22.2 Å². The summed E-state index contributed by atoms with van der Waals surface area (Å²) in [7, 11) is 0. The Morgan fingerprint density at radius 3 is 2.52 bits per heavy atom. The molecule has 0 radical (unpaired) electrons. The largest absolute Gasteiger partial charge is 0.377 e. The van der Waals surface area contributed by atoms with E-state index in [4.69, 9.17) is 0 Å². The minimum Gasteiger partial charge on any atom is -0.377 e. The molecule has 0 saturated carbocycles. The number of nitrogens with one attached hydrogen (secondary N) is 1. The number of anilines is 1. The van der Waals surface area contributed by atoms with Crippen molar-refractivity contribution in [2.75, 3.05) is 11.9 Å². The standard InChI is InChI=1S/C15H14F2N2O2/c16-12-9-13(17)15(14(10-12)19(20)21)18-8-4-7-11-5-2-1-3-6-11/h1-3,5-6,9-10,18H,4,7-8H2. The van der Waals surface area contributed by atoms with Crippen molar-refractivity contribution < 1.29 is 13.7 Å². The van der Waals surface area contributed by atoms with Crippen molar-refractivity contribution in [2.45, 2.75) is 12.8 Å². The SMILES string of the molecule is O=[N+]([O-])c1cc(F)cc(F)c1NCCCc1ccccc1. The van der Waals surface area contributed by atoms with Crippen molar-refractivity contribution in [3.8, 4) is 0 Å². The van der Waals surface area contributed by atoms with Gasteiger partial charge in [0.1, 0.15) is 11.5 Å². The lowest BCUT2D eigenvalue weighted by molar-refractivity contribution is -0.384. The Morgan fingerprint density at radius 2 is 1.86 bits per heavy atom. The minimum absolute atomic E-state index is 0.269. The van der Waals surface area contributed by atoms with Gasteiger partial charge in [0.2, 0.25) is 0 Å². The molecular weight excluding hydrogens is 278 g/mol. The second-order valence-corrected chi connectivity index (χ2v) is 4.55. The van der Waals surface area contributed by atoms with E-state index >= 15 is 0 Å². The van der Waals surface area contributed by atoms with Gasteiger partial charge in [-0.05, 0) is 18.4 Å². The number of benzene rings is 2. The molecule has 1 N–H and O–H groups in total. The van der Waals surface area contributed by atoms with Crippen molar-refractivity contribution in [1.82, 2.24) is 0 Å². The molecule has 0 aliphatic rings. The van der Waals surface area contributed by atoms with Gasteiger partial charge in [0, 0.05) is 12.6 Å². The van der Waals surface area contributed by atoms with Gasteiger partial charge in [0.05, 0.1) is 11.0 Å². The summed E-state index contributed by atoms with van der Waals surface area (Å²) in [5, 5.41) is 13.5. The molecule has 0 spiro atoms. The fourth-order valence-electron chi connectivity index (χ4n) is 2.03. The van der Waals surface area contributed by atoms with Crippen molar-refractivity contribution in [3.05, 3.63) is 69.8 Å². The van der Waals surface area contributed by atoms with E-state index in [0.717, 1.165) is 12.0 Å². The second kappa shape index (κ2) is 6.78. The molecular formula is C15H14F2N2O2. The predicted octanol–water partition coefficient (Wildman–Crippen LogP) is 3.92. The maximum absolute atomic E-state index is 13.6. The molecule has 0 aliphatic heterocycles. The molecule has 2 aromatic rings. The van der Waals surface area contributed by atoms with Gasteiger partial charge in [-0.1, -0.05) is 30.3 Å². The summed E-state index contributed by atoms with van der Waals surface area (Å²) in [6.45, 7) is 0.359. The van der Waals surface area contributed by atoms with Crippen LogP contribution in [0.3, 0.4) is 0 Å². The number of hydrogen-bond donors (Lipinski definition) is 1. The average Bonchev–Trinajstić information content (AvgIpc) is 2.45. The van der Waals surface area contributed by atoms with Gasteiger partial charge in [-0.25, -0.2) is 8.78 Å². The first-order chi connectivity index (χ1) is 10.1. The highest BCUT2D eigenvalue weighted by molar-refractivity contribution is 5.62. The normalized spacial score (nSPS) is 10.4. The van der Waals surface area contributed by atoms with E-state index in [1.165, 1.54) is 0 Å². The third-order valence-electron chi connectivity index (χ3n) is 3.02. The monoisotopic (exact) mass is 292 g/mol. The molecule has 6 heteroatoms. The van der Waals surface area contributed by atoms with E-state index in [1.807, 2.05) is 30.3 Å². The zero-order chi connectivity index (χ0) is 15.2. The Kier molecular flexibility index (Phi) is 4.81. The van der Waals surface area contributed by atoms with Gasteiger partial charge >= 0.3 is 0 Å². The molecule has 2 rings (SSSR count). The fraction of sp³-hybridized carbons (Fsp3) is 0.200. The van der Waals surface area contributed by atoms with E-state index in [1.54, 1.807) is 0 Å². The van der Waals surface area contributed by atoms with Crippen LogP contribution in [0.2, 0.25) is 0 Å². The van der Waals surface area contributed by atoms with Crippen molar-refractivity contribution in [1.29, 1.82) is 0 Å². The van der Waals surface area contributed by atoms with Crippen molar-refractivity contribution >= 4 is 11.4 Å². The number of hydrogen-bond acceptors (Lipinski definition) is 3. The Balaban J connectivity index is 1.98. The van der Waals surface area contributed by atoms with Gasteiger partial charge in [-0.3, -0.25) is 10.1 Å². The first-order valence-corrected chi connectivity index (χ1v) is 6.49. The molecule has 0 unspecified atom stereocenters. The predicted molar refractivity (Wildman–Crippen MR) is 76.3 cm³/mol. The highest BCUT2D eigenvalue weighted by atomic mass is 19.1. The number of nitrogens with zero attached hydrogens (tertiary/aromatic N) is 1. The topological polar surface area (TPSA) is 55.2 Å². The molecule has 0 amide bonds. The van der Waals surface area contributed by atoms with Crippen LogP contribution in [0, 0.1) is 21.7 Å². The minimum atomic E-state index is -0.964. The van der Waals surface area contributed by atoms with Gasteiger partial charge in [0.15, 0.2) is 5.82 Å². The Hall–Kier alpha value is -2.50. The smallest absolute Gasteiger partial charge is 0.298 e. The molecule has 21 heavy (non-hydrogen) atoms. The van der Waals surface area contributed by atoms with Gasteiger partial charge in [0.25, 0.3) is 5.69 Å². The van der Waals surface area contributed by atoms with Crippen molar-refractivity contribution in [3.63, 3.8) is 0 Å². The summed E-state index contributed by atoms with van der Waals surface area (Å²) in [6, 6.07) is 11.1. The highest BCUT2D eigenvalue weighted by Gasteiger charge is 2.19. The lowest BCUT2D eigenvalue weighted by Gasteiger charge is -2.08. The quantitative estimate of drug-likeness (QED) is 0.499. The number of halogens is 2. The second-order valence-electron chi connectivity index (χ2n) is 4.55. The molecule has 0 aliphatic carbocycles. The molecule has 0 saturated heterocycles. The van der Waals surface area contributed by atoms with E-state index in [-0.39, 0.29) is 5.69 Å². The summed E-state index contributed by atoms with van der Waals surface area (Å²) in [6.07, 6.45) is 1.45. The Labute approximate surface area is 120 Å². The first-order valence-electron chi connectivity index (χ1n) is 6.49. The summed E-state index contributed by atoms with van der Waals surface area (Å²) in [5.41, 5.74) is 0.273. The molecule has 0 bridgehead atoms. The zero-order valence-electron chi connectivity index (χ0n) is 11.2. The number of nitro benzene ring substituents is 1.